The van der Waals surface area contributed by atoms with E-state index in [1.165, 1.54) is 21.3 Å². The molecule has 102 valence electrons. The summed E-state index contributed by atoms with van der Waals surface area (Å²) in [7, 11) is 0. The molecule has 0 amide bonds. The molecule has 19 heavy (non-hydrogen) atoms. The van der Waals surface area contributed by atoms with Gasteiger partial charge in [-0.3, -0.25) is 0 Å². The summed E-state index contributed by atoms with van der Waals surface area (Å²) in [6.45, 7) is 7.32. The number of aromatic nitrogens is 1. The smallest absolute Gasteiger partial charge is 0.0897 e. The maximum Gasteiger partial charge on any atom is 0.0897 e. The Balaban J connectivity index is 2.26. The first-order valence-corrected chi connectivity index (χ1v) is 8.18. The van der Waals surface area contributed by atoms with Gasteiger partial charge in [0.25, 0.3) is 0 Å². The Morgan fingerprint density at radius 2 is 2.16 bits per heavy atom. The van der Waals surface area contributed by atoms with Gasteiger partial charge in [-0.2, -0.15) is 0 Å². The van der Waals surface area contributed by atoms with E-state index in [9.17, 15) is 0 Å². The van der Waals surface area contributed by atoms with Crippen molar-refractivity contribution in [2.75, 3.05) is 6.54 Å². The Kier molecular flexibility index (Phi) is 5.13. The van der Waals surface area contributed by atoms with E-state index >= 15 is 0 Å². The van der Waals surface area contributed by atoms with Gasteiger partial charge in [0.2, 0.25) is 0 Å². The number of rotatable bonds is 5. The highest BCUT2D eigenvalue weighted by molar-refractivity contribution is 9.10. The molecule has 2 nitrogen and oxygen atoms in total. The number of hydrogen-bond donors (Lipinski definition) is 1. The third kappa shape index (κ3) is 3.65. The number of halogens is 1. The minimum absolute atomic E-state index is 0.323. The molecule has 0 saturated carbocycles. The quantitative estimate of drug-likeness (QED) is 0.872. The lowest BCUT2D eigenvalue weighted by atomic mass is 9.98. The summed E-state index contributed by atoms with van der Waals surface area (Å²) in [4.78, 5) is 4.58. The number of aryl methyl sites for hydroxylation is 1. The molecule has 0 fully saturated rings. The van der Waals surface area contributed by atoms with Gasteiger partial charge in [0.05, 0.1) is 10.7 Å². The van der Waals surface area contributed by atoms with E-state index in [4.69, 9.17) is 0 Å². The summed E-state index contributed by atoms with van der Waals surface area (Å²) in [5.74, 6) is 0. The zero-order chi connectivity index (χ0) is 13.8. The Bertz CT molecular complexity index is 551. The second-order valence-corrected chi connectivity index (χ2v) is 6.54. The SMILES string of the molecule is CCNC(Cc1csc(C)n1)c1cccc(Br)c1C. The Labute approximate surface area is 127 Å². The first-order valence-electron chi connectivity index (χ1n) is 6.51. The van der Waals surface area contributed by atoms with Gasteiger partial charge in [-0.15, -0.1) is 11.3 Å². The van der Waals surface area contributed by atoms with Crippen molar-refractivity contribution in [2.45, 2.75) is 33.2 Å². The summed E-state index contributed by atoms with van der Waals surface area (Å²) < 4.78 is 1.17. The zero-order valence-electron chi connectivity index (χ0n) is 11.5. The van der Waals surface area contributed by atoms with Gasteiger partial charge in [0.15, 0.2) is 0 Å². The molecule has 1 aromatic heterocycles. The van der Waals surface area contributed by atoms with Crippen molar-refractivity contribution in [3.63, 3.8) is 0 Å². The average Bonchev–Trinajstić information content (AvgIpc) is 2.78. The number of likely N-dealkylation sites (N-methyl/N-ethyl adjacent to an activating group) is 1. The molecular weight excluding hydrogens is 320 g/mol. The summed E-state index contributed by atoms with van der Waals surface area (Å²) >= 11 is 5.33. The molecule has 1 heterocycles. The maximum atomic E-state index is 4.58. The normalized spacial score (nSPS) is 12.6. The van der Waals surface area contributed by atoms with Crippen LogP contribution in [0.1, 0.15) is 34.8 Å². The van der Waals surface area contributed by atoms with Crippen LogP contribution in [0.2, 0.25) is 0 Å². The van der Waals surface area contributed by atoms with Crippen molar-refractivity contribution in [1.82, 2.24) is 10.3 Å². The van der Waals surface area contributed by atoms with Gasteiger partial charge in [-0.25, -0.2) is 4.98 Å². The van der Waals surface area contributed by atoms with Crippen LogP contribution in [0.5, 0.6) is 0 Å². The third-order valence-corrected chi connectivity index (χ3v) is 4.90. The summed E-state index contributed by atoms with van der Waals surface area (Å²) in [5.41, 5.74) is 3.83. The number of thiazole rings is 1. The first-order chi connectivity index (χ1) is 9.11. The fourth-order valence-electron chi connectivity index (χ4n) is 2.25. The monoisotopic (exact) mass is 338 g/mol. The van der Waals surface area contributed by atoms with Crippen molar-refractivity contribution in [2.24, 2.45) is 0 Å². The molecule has 2 rings (SSSR count). The minimum atomic E-state index is 0.323. The van der Waals surface area contributed by atoms with E-state index in [1.54, 1.807) is 11.3 Å². The minimum Gasteiger partial charge on any atom is -0.310 e. The Morgan fingerprint density at radius 3 is 2.79 bits per heavy atom. The van der Waals surface area contributed by atoms with Crippen LogP contribution in [0.3, 0.4) is 0 Å². The highest BCUT2D eigenvalue weighted by atomic mass is 79.9. The van der Waals surface area contributed by atoms with E-state index in [0.29, 0.717) is 6.04 Å². The van der Waals surface area contributed by atoms with Crippen molar-refractivity contribution in [3.8, 4) is 0 Å². The third-order valence-electron chi connectivity index (χ3n) is 3.22. The molecule has 1 N–H and O–H groups in total. The Morgan fingerprint density at radius 1 is 1.37 bits per heavy atom. The summed E-state index contributed by atoms with van der Waals surface area (Å²) in [6, 6.07) is 6.72. The van der Waals surface area contributed by atoms with Crippen LogP contribution in [0.25, 0.3) is 0 Å². The molecule has 2 aromatic rings. The molecule has 0 aliphatic rings. The highest BCUT2D eigenvalue weighted by Crippen LogP contribution is 2.27. The number of benzene rings is 1. The van der Waals surface area contributed by atoms with E-state index in [-0.39, 0.29) is 0 Å². The molecule has 1 aromatic carbocycles. The van der Waals surface area contributed by atoms with E-state index in [2.05, 4.69) is 70.6 Å². The molecule has 0 aliphatic carbocycles. The lowest BCUT2D eigenvalue weighted by Gasteiger charge is -2.20. The molecule has 0 bridgehead atoms. The first kappa shape index (κ1) is 14.7. The molecule has 0 saturated heterocycles. The van der Waals surface area contributed by atoms with E-state index < -0.39 is 0 Å². The Hall–Kier alpha value is -0.710. The molecule has 1 unspecified atom stereocenters. The summed E-state index contributed by atoms with van der Waals surface area (Å²) in [6.07, 6.45) is 0.940. The fraction of sp³-hybridized carbons (Fsp3) is 0.400. The van der Waals surface area contributed by atoms with Gasteiger partial charge in [-0.1, -0.05) is 35.0 Å². The van der Waals surface area contributed by atoms with Crippen LogP contribution in [0.4, 0.5) is 0 Å². The van der Waals surface area contributed by atoms with Gasteiger partial charge < -0.3 is 5.32 Å². The topological polar surface area (TPSA) is 24.9 Å². The fourth-order valence-corrected chi connectivity index (χ4v) is 3.26. The summed E-state index contributed by atoms with van der Waals surface area (Å²) in [5, 5.41) is 6.86. The number of nitrogens with one attached hydrogen (secondary N) is 1. The predicted octanol–water partition coefficient (Wildman–Crippen LogP) is 4.42. The molecule has 0 aliphatic heterocycles. The van der Waals surface area contributed by atoms with Crippen LogP contribution < -0.4 is 5.32 Å². The second kappa shape index (κ2) is 6.64. The number of nitrogens with zero attached hydrogens (tertiary/aromatic N) is 1. The number of hydrogen-bond acceptors (Lipinski definition) is 3. The van der Waals surface area contributed by atoms with Gasteiger partial charge in [-0.05, 0) is 37.6 Å². The standard InChI is InChI=1S/C15H19BrN2S/c1-4-17-15(8-12-9-19-11(3)18-12)13-6-5-7-14(16)10(13)2/h5-7,9,15,17H,4,8H2,1-3H3. The largest absolute Gasteiger partial charge is 0.310 e. The average molecular weight is 339 g/mol. The second-order valence-electron chi connectivity index (χ2n) is 4.63. The van der Waals surface area contributed by atoms with Gasteiger partial charge in [0.1, 0.15) is 0 Å². The lowest BCUT2D eigenvalue weighted by Crippen LogP contribution is -2.24. The van der Waals surface area contributed by atoms with E-state index in [0.717, 1.165) is 18.0 Å². The van der Waals surface area contributed by atoms with Gasteiger partial charge >= 0.3 is 0 Å². The van der Waals surface area contributed by atoms with E-state index in [1.807, 2.05) is 0 Å². The van der Waals surface area contributed by atoms with Crippen LogP contribution in [-0.4, -0.2) is 11.5 Å². The predicted molar refractivity (Wildman–Crippen MR) is 85.9 cm³/mol. The van der Waals surface area contributed by atoms with Crippen molar-refractivity contribution >= 4 is 27.3 Å². The lowest BCUT2D eigenvalue weighted by molar-refractivity contribution is 0.542. The molecule has 4 heteroatoms. The molecule has 0 radical (unpaired) electrons. The van der Waals surface area contributed by atoms with Gasteiger partial charge in [0, 0.05) is 22.3 Å². The van der Waals surface area contributed by atoms with Crippen LogP contribution in [0, 0.1) is 13.8 Å². The van der Waals surface area contributed by atoms with Crippen molar-refractivity contribution < 1.29 is 0 Å². The molecule has 0 spiro atoms. The van der Waals surface area contributed by atoms with Crippen molar-refractivity contribution in [3.05, 3.63) is 49.9 Å². The maximum absolute atomic E-state index is 4.58. The molecule has 1 atom stereocenters. The zero-order valence-corrected chi connectivity index (χ0v) is 13.9. The van der Waals surface area contributed by atoms with Crippen LogP contribution >= 0.6 is 27.3 Å². The van der Waals surface area contributed by atoms with Crippen LogP contribution in [0.15, 0.2) is 28.1 Å². The molecular formula is C15H19BrN2S. The van der Waals surface area contributed by atoms with Crippen LogP contribution in [-0.2, 0) is 6.42 Å². The van der Waals surface area contributed by atoms with Crippen molar-refractivity contribution in [1.29, 1.82) is 0 Å². The highest BCUT2D eigenvalue weighted by Gasteiger charge is 2.15.